The molecular formula is C9H11F2NO4. The van der Waals surface area contributed by atoms with E-state index in [0.29, 0.717) is 4.90 Å². The van der Waals surface area contributed by atoms with Crippen molar-refractivity contribution in [1.29, 1.82) is 0 Å². The van der Waals surface area contributed by atoms with Crippen LogP contribution >= 0.6 is 0 Å². The van der Waals surface area contributed by atoms with Crippen LogP contribution in [0.3, 0.4) is 0 Å². The molecule has 1 aliphatic carbocycles. The number of hydrogen-bond donors (Lipinski definition) is 2. The Hall–Kier alpha value is -1.40. The zero-order chi connectivity index (χ0) is 12.1. The second kappa shape index (κ2) is 3.29. The SMILES string of the molecule is O=C(O)[C@@H]1[C@H]2CCC(F)(F)[C@@H]2CN1C(=O)O. The van der Waals surface area contributed by atoms with Crippen molar-refractivity contribution >= 4 is 12.1 Å². The monoisotopic (exact) mass is 235 g/mol. The van der Waals surface area contributed by atoms with Crippen LogP contribution in [0.15, 0.2) is 0 Å². The van der Waals surface area contributed by atoms with Crippen LogP contribution in [0.1, 0.15) is 12.8 Å². The molecule has 0 radical (unpaired) electrons. The molecule has 0 aromatic carbocycles. The quantitative estimate of drug-likeness (QED) is 0.713. The van der Waals surface area contributed by atoms with Crippen molar-refractivity contribution in [1.82, 2.24) is 4.90 Å². The van der Waals surface area contributed by atoms with Crippen LogP contribution in [0.5, 0.6) is 0 Å². The van der Waals surface area contributed by atoms with Gasteiger partial charge in [-0.1, -0.05) is 0 Å². The Morgan fingerprint density at radius 3 is 2.44 bits per heavy atom. The normalized spacial score (nSPS) is 36.1. The van der Waals surface area contributed by atoms with Gasteiger partial charge in [0.2, 0.25) is 0 Å². The summed E-state index contributed by atoms with van der Waals surface area (Å²) in [7, 11) is 0. The molecule has 0 aromatic heterocycles. The van der Waals surface area contributed by atoms with Gasteiger partial charge in [-0.05, 0) is 6.42 Å². The van der Waals surface area contributed by atoms with Crippen molar-refractivity contribution in [3.8, 4) is 0 Å². The first-order chi connectivity index (χ1) is 7.34. The highest BCUT2D eigenvalue weighted by Crippen LogP contribution is 2.50. The molecule has 5 nitrogen and oxygen atoms in total. The summed E-state index contributed by atoms with van der Waals surface area (Å²) in [5.74, 6) is -6.19. The van der Waals surface area contributed by atoms with Gasteiger partial charge in [-0.2, -0.15) is 0 Å². The number of hydrogen-bond acceptors (Lipinski definition) is 2. The first kappa shape index (κ1) is 11.1. The molecule has 1 saturated carbocycles. The molecule has 2 rings (SSSR count). The fourth-order valence-electron chi connectivity index (χ4n) is 2.78. The van der Waals surface area contributed by atoms with Crippen molar-refractivity contribution in [3.63, 3.8) is 0 Å². The number of halogens is 2. The van der Waals surface area contributed by atoms with Crippen LogP contribution in [-0.2, 0) is 4.79 Å². The molecule has 1 amide bonds. The molecule has 1 saturated heterocycles. The summed E-state index contributed by atoms with van der Waals surface area (Å²) in [4.78, 5) is 22.3. The van der Waals surface area contributed by atoms with Crippen molar-refractivity contribution in [2.45, 2.75) is 24.8 Å². The largest absolute Gasteiger partial charge is 0.480 e. The van der Waals surface area contributed by atoms with E-state index >= 15 is 0 Å². The molecule has 0 unspecified atom stereocenters. The van der Waals surface area contributed by atoms with Crippen LogP contribution in [0, 0.1) is 11.8 Å². The summed E-state index contributed by atoms with van der Waals surface area (Å²) in [6, 6.07) is -1.32. The minimum absolute atomic E-state index is 0.0679. The molecule has 7 heteroatoms. The van der Waals surface area contributed by atoms with Crippen molar-refractivity contribution in [3.05, 3.63) is 0 Å². The van der Waals surface area contributed by atoms with Crippen LogP contribution < -0.4 is 0 Å². The number of carboxylic acids is 1. The van der Waals surface area contributed by atoms with Gasteiger partial charge in [0, 0.05) is 24.8 Å². The van der Waals surface area contributed by atoms with E-state index in [9.17, 15) is 18.4 Å². The van der Waals surface area contributed by atoms with Gasteiger partial charge in [0.25, 0.3) is 5.92 Å². The second-order valence-electron chi connectivity index (χ2n) is 4.29. The number of aliphatic carboxylic acids is 1. The lowest BCUT2D eigenvalue weighted by molar-refractivity contribution is -0.142. The Labute approximate surface area is 89.6 Å². The third-order valence-corrected chi connectivity index (χ3v) is 3.50. The molecule has 2 fully saturated rings. The zero-order valence-corrected chi connectivity index (χ0v) is 8.27. The molecule has 2 N–H and O–H groups in total. The molecule has 2 aliphatic rings. The minimum Gasteiger partial charge on any atom is -0.480 e. The summed E-state index contributed by atoms with van der Waals surface area (Å²) in [5.41, 5.74) is 0. The van der Waals surface area contributed by atoms with Crippen molar-refractivity contribution in [2.24, 2.45) is 11.8 Å². The van der Waals surface area contributed by atoms with Crippen LogP contribution in [0.4, 0.5) is 13.6 Å². The van der Waals surface area contributed by atoms with E-state index in [-0.39, 0.29) is 19.4 Å². The lowest BCUT2D eigenvalue weighted by Crippen LogP contribution is -2.42. The molecule has 16 heavy (non-hydrogen) atoms. The molecule has 3 atom stereocenters. The number of rotatable bonds is 1. The number of carboxylic acid groups (broad SMARTS) is 2. The highest BCUT2D eigenvalue weighted by molar-refractivity contribution is 5.80. The van der Waals surface area contributed by atoms with Gasteiger partial charge in [-0.3, -0.25) is 4.90 Å². The fraction of sp³-hybridized carbons (Fsp3) is 0.778. The molecule has 90 valence electrons. The first-order valence-corrected chi connectivity index (χ1v) is 4.95. The molecule has 0 aromatic rings. The van der Waals surface area contributed by atoms with Gasteiger partial charge >= 0.3 is 12.1 Å². The maximum Gasteiger partial charge on any atom is 0.408 e. The number of alkyl halides is 2. The zero-order valence-electron chi connectivity index (χ0n) is 8.27. The van der Waals surface area contributed by atoms with E-state index in [1.807, 2.05) is 0 Å². The number of amides is 1. The smallest absolute Gasteiger partial charge is 0.408 e. The maximum absolute atomic E-state index is 13.4. The summed E-state index contributed by atoms with van der Waals surface area (Å²) in [6.07, 6.45) is -1.73. The van der Waals surface area contributed by atoms with Gasteiger partial charge in [0.1, 0.15) is 6.04 Å². The molecule has 0 spiro atoms. The number of likely N-dealkylation sites (tertiary alicyclic amines) is 1. The second-order valence-corrected chi connectivity index (χ2v) is 4.29. The van der Waals surface area contributed by atoms with Crippen LogP contribution in [0.25, 0.3) is 0 Å². The summed E-state index contributed by atoms with van der Waals surface area (Å²) in [5, 5.41) is 17.7. The van der Waals surface area contributed by atoms with Gasteiger partial charge in [0.05, 0.1) is 0 Å². The van der Waals surface area contributed by atoms with E-state index in [4.69, 9.17) is 10.2 Å². The van der Waals surface area contributed by atoms with Crippen LogP contribution in [0.2, 0.25) is 0 Å². The molecule has 1 aliphatic heterocycles. The topological polar surface area (TPSA) is 77.8 Å². The average molecular weight is 235 g/mol. The molecular weight excluding hydrogens is 224 g/mol. The standard InChI is InChI=1S/C9H11F2NO4/c10-9(11)2-1-4-5(9)3-12(8(15)16)6(4)7(13)14/h4-6H,1-3H2,(H,13,14)(H,15,16)/t4-,5+,6-/m0/s1. The highest BCUT2D eigenvalue weighted by atomic mass is 19.3. The lowest BCUT2D eigenvalue weighted by Gasteiger charge is -2.21. The first-order valence-electron chi connectivity index (χ1n) is 4.95. The summed E-state index contributed by atoms with van der Waals surface area (Å²) in [6.45, 7) is -0.385. The highest BCUT2D eigenvalue weighted by Gasteiger charge is 2.60. The third kappa shape index (κ3) is 1.42. The third-order valence-electron chi connectivity index (χ3n) is 3.50. The van der Waals surface area contributed by atoms with Gasteiger partial charge in [-0.25, -0.2) is 18.4 Å². The Balaban J connectivity index is 2.29. The van der Waals surface area contributed by atoms with E-state index in [1.54, 1.807) is 0 Å². The Morgan fingerprint density at radius 1 is 1.31 bits per heavy atom. The number of fused-ring (bicyclic) bond motifs is 1. The predicted octanol–water partition coefficient (Wildman–Crippen LogP) is 1.09. The maximum atomic E-state index is 13.4. The van der Waals surface area contributed by atoms with Crippen molar-refractivity contribution in [2.75, 3.05) is 6.54 Å². The molecule has 0 bridgehead atoms. The van der Waals surface area contributed by atoms with Gasteiger partial charge in [-0.15, -0.1) is 0 Å². The van der Waals surface area contributed by atoms with Crippen LogP contribution in [-0.4, -0.2) is 45.7 Å². The lowest BCUT2D eigenvalue weighted by atomic mass is 9.93. The predicted molar refractivity (Wildman–Crippen MR) is 47.3 cm³/mol. The molecule has 1 heterocycles. The van der Waals surface area contributed by atoms with Gasteiger partial charge < -0.3 is 10.2 Å². The summed E-state index contributed by atoms with van der Waals surface area (Å²) < 4.78 is 26.7. The average Bonchev–Trinajstić information content (AvgIpc) is 2.64. The van der Waals surface area contributed by atoms with E-state index in [1.165, 1.54) is 0 Å². The number of carbonyl (C=O) groups is 2. The Kier molecular flexibility index (Phi) is 2.28. The fourth-order valence-corrected chi connectivity index (χ4v) is 2.78. The van der Waals surface area contributed by atoms with E-state index in [2.05, 4.69) is 0 Å². The van der Waals surface area contributed by atoms with Crippen molar-refractivity contribution < 1.29 is 28.6 Å². The van der Waals surface area contributed by atoms with Gasteiger partial charge in [0.15, 0.2) is 0 Å². The van der Waals surface area contributed by atoms with E-state index < -0.39 is 35.9 Å². The summed E-state index contributed by atoms with van der Waals surface area (Å²) >= 11 is 0. The number of nitrogens with zero attached hydrogens (tertiary/aromatic N) is 1. The van der Waals surface area contributed by atoms with E-state index in [0.717, 1.165) is 0 Å². The Morgan fingerprint density at radius 2 is 1.94 bits per heavy atom. The minimum atomic E-state index is -2.94. The Bertz CT molecular complexity index is 346.